The number of hydrogen-bond acceptors (Lipinski definition) is 5. The van der Waals surface area contributed by atoms with Crippen molar-refractivity contribution in [3.05, 3.63) is 60.1 Å². The van der Waals surface area contributed by atoms with Crippen LogP contribution in [0.25, 0.3) is 11.5 Å². The molecule has 0 spiro atoms. The van der Waals surface area contributed by atoms with Gasteiger partial charge >= 0.3 is 6.03 Å². The maximum atomic E-state index is 12.5. The van der Waals surface area contributed by atoms with Gasteiger partial charge in [-0.2, -0.15) is 0 Å². The zero-order valence-corrected chi connectivity index (χ0v) is 16.7. The predicted molar refractivity (Wildman–Crippen MR) is 113 cm³/mol. The maximum Gasteiger partial charge on any atom is 0.319 e. The van der Waals surface area contributed by atoms with Gasteiger partial charge in [0.25, 0.3) is 0 Å². The minimum absolute atomic E-state index is 0.147. The van der Waals surface area contributed by atoms with Gasteiger partial charge in [0.1, 0.15) is 12.1 Å². The van der Waals surface area contributed by atoms with E-state index in [9.17, 15) is 4.79 Å². The zero-order valence-electron chi connectivity index (χ0n) is 16.7. The summed E-state index contributed by atoms with van der Waals surface area (Å²) in [6.07, 6.45) is 6.82. The quantitative estimate of drug-likeness (QED) is 0.698. The minimum Gasteiger partial charge on any atom is -0.445 e. The van der Waals surface area contributed by atoms with Crippen molar-refractivity contribution >= 4 is 17.5 Å². The van der Waals surface area contributed by atoms with Crippen LogP contribution in [0.1, 0.15) is 24.0 Å². The molecule has 1 fully saturated rings. The van der Waals surface area contributed by atoms with E-state index in [2.05, 4.69) is 37.6 Å². The van der Waals surface area contributed by atoms with Crippen molar-refractivity contribution in [2.24, 2.45) is 0 Å². The van der Waals surface area contributed by atoms with E-state index in [0.717, 1.165) is 48.4 Å². The second-order valence-corrected chi connectivity index (χ2v) is 7.42. The van der Waals surface area contributed by atoms with Crippen LogP contribution in [0.5, 0.6) is 0 Å². The van der Waals surface area contributed by atoms with E-state index in [1.807, 2.05) is 38.2 Å². The van der Waals surface area contributed by atoms with Crippen LogP contribution in [0, 0.1) is 13.8 Å². The number of benzene rings is 1. The summed E-state index contributed by atoms with van der Waals surface area (Å²) in [7, 11) is 0. The third-order valence-corrected chi connectivity index (χ3v) is 5.21. The summed E-state index contributed by atoms with van der Waals surface area (Å²) in [6, 6.07) is 9.79. The number of amides is 2. The summed E-state index contributed by atoms with van der Waals surface area (Å²) in [5.41, 5.74) is 3.77. The Morgan fingerprint density at radius 2 is 1.97 bits per heavy atom. The van der Waals surface area contributed by atoms with Crippen LogP contribution in [0.15, 0.2) is 53.4 Å². The molecular formula is C22H25N5O2. The van der Waals surface area contributed by atoms with E-state index in [4.69, 9.17) is 4.42 Å². The van der Waals surface area contributed by atoms with Gasteiger partial charge in [0, 0.05) is 36.6 Å². The highest BCUT2D eigenvalue weighted by atomic mass is 16.3. The topological polar surface area (TPSA) is 83.3 Å². The average molecular weight is 391 g/mol. The molecule has 1 aromatic carbocycles. The van der Waals surface area contributed by atoms with E-state index in [-0.39, 0.29) is 12.1 Å². The van der Waals surface area contributed by atoms with Gasteiger partial charge in [-0.25, -0.2) is 14.8 Å². The number of anilines is 2. The molecule has 3 heterocycles. The molecule has 4 rings (SSSR count). The molecule has 2 amide bonds. The van der Waals surface area contributed by atoms with Gasteiger partial charge in [0.15, 0.2) is 0 Å². The molecule has 0 saturated carbocycles. The number of urea groups is 1. The second-order valence-electron chi connectivity index (χ2n) is 7.42. The number of pyridine rings is 1. The summed E-state index contributed by atoms with van der Waals surface area (Å²) in [4.78, 5) is 23.4. The Labute approximate surface area is 170 Å². The lowest BCUT2D eigenvalue weighted by molar-refractivity contribution is 0.246. The number of piperidine rings is 1. The van der Waals surface area contributed by atoms with Crippen molar-refractivity contribution < 1.29 is 9.21 Å². The van der Waals surface area contributed by atoms with Crippen molar-refractivity contribution in [3.8, 4) is 11.5 Å². The number of aromatic nitrogens is 2. The van der Waals surface area contributed by atoms with Gasteiger partial charge in [0.2, 0.25) is 5.89 Å². The smallest absolute Gasteiger partial charge is 0.319 e. The van der Waals surface area contributed by atoms with Crippen LogP contribution in [0.2, 0.25) is 0 Å². The number of nitrogens with zero attached hydrogens (tertiary/aromatic N) is 3. The Kier molecular flexibility index (Phi) is 5.46. The SMILES string of the molecule is Cc1ccc(N2CCC(NC(=O)Nc3ccc(C)c(-c4ncco4)c3)CC2)nc1. The van der Waals surface area contributed by atoms with Crippen LogP contribution >= 0.6 is 0 Å². The Morgan fingerprint density at radius 3 is 2.66 bits per heavy atom. The molecular weight excluding hydrogens is 366 g/mol. The molecule has 29 heavy (non-hydrogen) atoms. The molecule has 3 aromatic rings. The summed E-state index contributed by atoms with van der Waals surface area (Å²) >= 11 is 0. The first-order valence-corrected chi connectivity index (χ1v) is 9.84. The van der Waals surface area contributed by atoms with Crippen molar-refractivity contribution in [3.63, 3.8) is 0 Å². The number of aryl methyl sites for hydroxylation is 2. The molecule has 7 nitrogen and oxygen atoms in total. The third kappa shape index (κ3) is 4.56. The van der Waals surface area contributed by atoms with Crippen LogP contribution in [0.3, 0.4) is 0 Å². The number of hydrogen-bond donors (Lipinski definition) is 2. The summed E-state index contributed by atoms with van der Waals surface area (Å²) in [6.45, 7) is 5.77. The van der Waals surface area contributed by atoms with Crippen molar-refractivity contribution in [2.75, 3.05) is 23.3 Å². The van der Waals surface area contributed by atoms with Crippen LogP contribution < -0.4 is 15.5 Å². The summed E-state index contributed by atoms with van der Waals surface area (Å²) < 4.78 is 5.39. The fourth-order valence-electron chi connectivity index (χ4n) is 3.54. The fourth-order valence-corrected chi connectivity index (χ4v) is 3.54. The highest BCUT2D eigenvalue weighted by Crippen LogP contribution is 2.25. The van der Waals surface area contributed by atoms with Crippen LogP contribution in [0.4, 0.5) is 16.3 Å². The Morgan fingerprint density at radius 1 is 1.14 bits per heavy atom. The Hall–Kier alpha value is -3.35. The minimum atomic E-state index is -0.195. The van der Waals surface area contributed by atoms with Gasteiger partial charge in [-0.05, 0) is 56.0 Å². The van der Waals surface area contributed by atoms with E-state index in [1.165, 1.54) is 0 Å². The van der Waals surface area contributed by atoms with Gasteiger partial charge in [-0.1, -0.05) is 12.1 Å². The lowest BCUT2D eigenvalue weighted by Crippen LogP contribution is -2.46. The Bertz CT molecular complexity index is 961. The van der Waals surface area contributed by atoms with Crippen LogP contribution in [-0.2, 0) is 0 Å². The monoisotopic (exact) mass is 391 g/mol. The van der Waals surface area contributed by atoms with E-state index in [1.54, 1.807) is 12.5 Å². The number of carbonyl (C=O) groups excluding carboxylic acids is 1. The maximum absolute atomic E-state index is 12.5. The molecule has 1 aliphatic heterocycles. The Balaban J connectivity index is 1.32. The number of carbonyl (C=O) groups is 1. The molecule has 2 N–H and O–H groups in total. The summed E-state index contributed by atoms with van der Waals surface area (Å²) in [5, 5.41) is 6.00. The first-order chi connectivity index (χ1) is 14.1. The lowest BCUT2D eigenvalue weighted by atomic mass is 10.1. The zero-order chi connectivity index (χ0) is 20.2. The van der Waals surface area contributed by atoms with Crippen molar-refractivity contribution in [1.29, 1.82) is 0 Å². The predicted octanol–water partition coefficient (Wildman–Crippen LogP) is 4.14. The van der Waals surface area contributed by atoms with Gasteiger partial charge in [0.05, 0.1) is 6.20 Å². The molecule has 0 bridgehead atoms. The largest absolute Gasteiger partial charge is 0.445 e. The van der Waals surface area contributed by atoms with E-state index in [0.29, 0.717) is 11.6 Å². The first-order valence-electron chi connectivity index (χ1n) is 9.84. The molecule has 150 valence electrons. The van der Waals surface area contributed by atoms with Gasteiger partial charge in [-0.15, -0.1) is 0 Å². The first kappa shape index (κ1) is 19.0. The number of rotatable bonds is 4. The highest BCUT2D eigenvalue weighted by Gasteiger charge is 2.21. The molecule has 1 aliphatic rings. The van der Waals surface area contributed by atoms with Gasteiger partial charge < -0.3 is 20.0 Å². The highest BCUT2D eigenvalue weighted by molar-refractivity contribution is 5.90. The number of oxazole rings is 1. The van der Waals surface area contributed by atoms with Crippen molar-refractivity contribution in [1.82, 2.24) is 15.3 Å². The molecule has 0 atom stereocenters. The second kappa shape index (κ2) is 8.34. The molecule has 1 saturated heterocycles. The molecule has 7 heteroatoms. The molecule has 0 radical (unpaired) electrons. The van der Waals surface area contributed by atoms with Gasteiger partial charge in [-0.3, -0.25) is 0 Å². The van der Waals surface area contributed by atoms with E-state index < -0.39 is 0 Å². The standard InChI is InChI=1S/C22H25N5O2/c1-15-3-6-20(24-14-15)27-10-7-17(8-11-27)25-22(28)26-18-5-4-16(2)19(13-18)21-23-9-12-29-21/h3-6,9,12-14,17H,7-8,10-11H2,1-2H3,(H2,25,26,28). The summed E-state index contributed by atoms with van der Waals surface area (Å²) in [5.74, 6) is 1.54. The van der Waals surface area contributed by atoms with E-state index >= 15 is 0 Å². The third-order valence-electron chi connectivity index (χ3n) is 5.21. The molecule has 0 unspecified atom stereocenters. The number of nitrogens with one attached hydrogen (secondary N) is 2. The molecule has 0 aliphatic carbocycles. The molecule has 2 aromatic heterocycles. The fraction of sp³-hybridized carbons (Fsp3) is 0.318. The normalized spacial score (nSPS) is 14.6. The average Bonchev–Trinajstić information content (AvgIpc) is 3.25. The van der Waals surface area contributed by atoms with Crippen LogP contribution in [-0.4, -0.2) is 35.1 Å². The lowest BCUT2D eigenvalue weighted by Gasteiger charge is -2.33. The van der Waals surface area contributed by atoms with Crippen molar-refractivity contribution in [2.45, 2.75) is 32.7 Å².